The van der Waals surface area contributed by atoms with Crippen LogP contribution in [0.1, 0.15) is 12.6 Å². The first kappa shape index (κ1) is 10.9. The normalized spacial score (nSPS) is 11.5. The number of nitrogens with zero attached hydrogens (tertiary/aromatic N) is 4. The van der Waals surface area contributed by atoms with Crippen LogP contribution in [0, 0.1) is 11.3 Å². The van der Waals surface area contributed by atoms with Gasteiger partial charge in [-0.05, 0) is 6.92 Å². The lowest BCUT2D eigenvalue weighted by atomic mass is 10.3. The molecule has 15 heavy (non-hydrogen) atoms. The molecule has 0 bridgehead atoms. The smallest absolute Gasteiger partial charge is 0.326 e. The van der Waals surface area contributed by atoms with Crippen LogP contribution in [0.3, 0.4) is 0 Å². The van der Waals surface area contributed by atoms with E-state index < -0.39 is 12.0 Å². The van der Waals surface area contributed by atoms with E-state index in [9.17, 15) is 4.79 Å². The van der Waals surface area contributed by atoms with E-state index >= 15 is 0 Å². The maximum absolute atomic E-state index is 10.7. The Hall–Kier alpha value is -2.16. The highest BCUT2D eigenvalue weighted by Gasteiger charge is 2.18. The predicted octanol–water partition coefficient (Wildman–Crippen LogP) is 0.258. The average Bonchev–Trinajstić information content (AvgIpc) is 2.27. The van der Waals surface area contributed by atoms with Crippen LogP contribution in [-0.4, -0.2) is 34.1 Å². The number of carboxylic acid groups (broad SMARTS) is 1. The quantitative estimate of drug-likeness (QED) is 0.762. The first-order valence-corrected chi connectivity index (χ1v) is 4.24. The number of aliphatic carboxylic acids is 1. The molecular formula is C9H10N4O2. The van der Waals surface area contributed by atoms with Crippen molar-refractivity contribution in [2.24, 2.45) is 0 Å². The zero-order valence-corrected chi connectivity index (χ0v) is 8.38. The Morgan fingerprint density at radius 1 is 1.60 bits per heavy atom. The zero-order chi connectivity index (χ0) is 11.4. The molecule has 1 aromatic heterocycles. The summed E-state index contributed by atoms with van der Waals surface area (Å²) in [7, 11) is 1.61. The van der Waals surface area contributed by atoms with Gasteiger partial charge in [0.05, 0.1) is 12.4 Å². The number of carbonyl (C=O) groups is 1. The van der Waals surface area contributed by atoms with Gasteiger partial charge in [-0.2, -0.15) is 5.26 Å². The second kappa shape index (κ2) is 4.37. The second-order valence-electron chi connectivity index (χ2n) is 3.00. The molecule has 0 radical (unpaired) electrons. The summed E-state index contributed by atoms with van der Waals surface area (Å²) in [5.74, 6) is -0.521. The lowest BCUT2D eigenvalue weighted by Gasteiger charge is -2.21. The van der Waals surface area contributed by atoms with Gasteiger partial charge in [0.2, 0.25) is 0 Å². The molecule has 78 valence electrons. The molecule has 1 atom stereocenters. The molecule has 0 amide bonds. The van der Waals surface area contributed by atoms with Gasteiger partial charge in [0.15, 0.2) is 5.69 Å². The van der Waals surface area contributed by atoms with E-state index in [1.54, 1.807) is 14.0 Å². The lowest BCUT2D eigenvalue weighted by Crippen LogP contribution is -2.36. The van der Waals surface area contributed by atoms with Crippen LogP contribution in [0.2, 0.25) is 0 Å². The fourth-order valence-electron chi connectivity index (χ4n) is 0.925. The third-order valence-corrected chi connectivity index (χ3v) is 2.05. The highest BCUT2D eigenvalue weighted by Crippen LogP contribution is 2.09. The highest BCUT2D eigenvalue weighted by atomic mass is 16.4. The summed E-state index contributed by atoms with van der Waals surface area (Å²) >= 11 is 0. The van der Waals surface area contributed by atoms with Gasteiger partial charge >= 0.3 is 5.97 Å². The SMILES string of the molecule is CC(C(=O)O)N(C)c1cnc(C#N)cn1. The molecule has 0 aromatic carbocycles. The number of rotatable bonds is 3. The van der Waals surface area contributed by atoms with Gasteiger partial charge in [0.25, 0.3) is 0 Å². The largest absolute Gasteiger partial charge is 0.480 e. The Labute approximate surface area is 86.8 Å². The summed E-state index contributed by atoms with van der Waals surface area (Å²) in [5, 5.41) is 17.3. The molecule has 0 saturated carbocycles. The first-order valence-electron chi connectivity index (χ1n) is 4.24. The number of hydrogen-bond acceptors (Lipinski definition) is 5. The standard InChI is InChI=1S/C9H10N4O2/c1-6(9(14)15)13(2)8-5-11-7(3-10)4-12-8/h4-6H,1-2H3,(H,14,15). The van der Waals surface area contributed by atoms with E-state index in [4.69, 9.17) is 10.4 Å². The van der Waals surface area contributed by atoms with Gasteiger partial charge in [-0.1, -0.05) is 0 Å². The van der Waals surface area contributed by atoms with Crippen molar-refractivity contribution < 1.29 is 9.90 Å². The number of anilines is 1. The molecule has 0 aliphatic rings. The van der Waals surface area contributed by atoms with Crippen LogP contribution < -0.4 is 4.90 Å². The van der Waals surface area contributed by atoms with E-state index in [0.29, 0.717) is 5.82 Å². The van der Waals surface area contributed by atoms with E-state index in [-0.39, 0.29) is 5.69 Å². The molecule has 1 N–H and O–H groups in total. The molecule has 6 heteroatoms. The van der Waals surface area contributed by atoms with Crippen LogP contribution in [0.25, 0.3) is 0 Å². The highest BCUT2D eigenvalue weighted by molar-refractivity contribution is 5.76. The predicted molar refractivity (Wildman–Crippen MR) is 52.2 cm³/mol. The molecule has 0 spiro atoms. The second-order valence-corrected chi connectivity index (χ2v) is 3.00. The topological polar surface area (TPSA) is 90.1 Å². The third kappa shape index (κ3) is 2.40. The fraction of sp³-hybridized carbons (Fsp3) is 0.333. The van der Waals surface area contributed by atoms with Gasteiger partial charge in [-0.25, -0.2) is 14.8 Å². The molecular weight excluding hydrogens is 196 g/mol. The molecule has 1 heterocycles. The minimum atomic E-state index is -0.941. The number of hydrogen-bond donors (Lipinski definition) is 1. The Bertz CT molecular complexity index is 396. The number of likely N-dealkylation sites (N-methyl/N-ethyl adjacent to an activating group) is 1. The maximum Gasteiger partial charge on any atom is 0.326 e. The zero-order valence-electron chi connectivity index (χ0n) is 8.38. The fourth-order valence-corrected chi connectivity index (χ4v) is 0.925. The van der Waals surface area contributed by atoms with Gasteiger partial charge < -0.3 is 10.0 Å². The minimum Gasteiger partial charge on any atom is -0.480 e. The van der Waals surface area contributed by atoms with E-state index in [2.05, 4.69) is 9.97 Å². The van der Waals surface area contributed by atoms with Crippen molar-refractivity contribution in [3.05, 3.63) is 18.1 Å². The number of aromatic nitrogens is 2. The number of nitriles is 1. The van der Waals surface area contributed by atoms with Crippen LogP contribution in [0.5, 0.6) is 0 Å². The van der Waals surface area contributed by atoms with Gasteiger partial charge in [0, 0.05) is 7.05 Å². The Morgan fingerprint density at radius 2 is 2.27 bits per heavy atom. The lowest BCUT2D eigenvalue weighted by molar-refractivity contribution is -0.138. The van der Waals surface area contributed by atoms with Crippen molar-refractivity contribution in [3.8, 4) is 6.07 Å². The Kier molecular flexibility index (Phi) is 3.18. The molecule has 0 aliphatic heterocycles. The van der Waals surface area contributed by atoms with Crippen molar-refractivity contribution in [3.63, 3.8) is 0 Å². The van der Waals surface area contributed by atoms with E-state index in [1.165, 1.54) is 17.3 Å². The molecule has 0 fully saturated rings. The Balaban J connectivity index is 2.88. The molecule has 0 aliphatic carbocycles. The minimum absolute atomic E-state index is 0.204. The first-order chi connectivity index (χ1) is 7.06. The maximum atomic E-state index is 10.7. The van der Waals surface area contributed by atoms with Crippen molar-refractivity contribution in [1.82, 2.24) is 9.97 Å². The van der Waals surface area contributed by atoms with Gasteiger partial charge in [0.1, 0.15) is 17.9 Å². The summed E-state index contributed by atoms with van der Waals surface area (Å²) < 4.78 is 0. The summed E-state index contributed by atoms with van der Waals surface area (Å²) in [6, 6.07) is 1.15. The molecule has 1 aromatic rings. The van der Waals surface area contributed by atoms with Gasteiger partial charge in [-0.15, -0.1) is 0 Å². The third-order valence-electron chi connectivity index (χ3n) is 2.05. The van der Waals surface area contributed by atoms with Crippen molar-refractivity contribution in [2.45, 2.75) is 13.0 Å². The summed E-state index contributed by atoms with van der Waals surface area (Å²) in [5.41, 5.74) is 0.204. The molecule has 1 rings (SSSR count). The van der Waals surface area contributed by atoms with Crippen molar-refractivity contribution >= 4 is 11.8 Å². The summed E-state index contributed by atoms with van der Waals surface area (Å²) in [6.07, 6.45) is 2.68. The van der Waals surface area contributed by atoms with E-state index in [0.717, 1.165) is 0 Å². The summed E-state index contributed by atoms with van der Waals surface area (Å²) in [6.45, 7) is 1.54. The van der Waals surface area contributed by atoms with Crippen LogP contribution in [-0.2, 0) is 4.79 Å². The monoisotopic (exact) mass is 206 g/mol. The summed E-state index contributed by atoms with van der Waals surface area (Å²) in [4.78, 5) is 19.9. The van der Waals surface area contributed by atoms with Crippen molar-refractivity contribution in [1.29, 1.82) is 5.26 Å². The van der Waals surface area contributed by atoms with Crippen molar-refractivity contribution in [2.75, 3.05) is 11.9 Å². The van der Waals surface area contributed by atoms with Crippen LogP contribution >= 0.6 is 0 Å². The molecule has 1 unspecified atom stereocenters. The molecule has 0 saturated heterocycles. The average molecular weight is 206 g/mol. The molecule has 6 nitrogen and oxygen atoms in total. The van der Waals surface area contributed by atoms with Crippen LogP contribution in [0.4, 0.5) is 5.82 Å². The van der Waals surface area contributed by atoms with Crippen LogP contribution in [0.15, 0.2) is 12.4 Å². The van der Waals surface area contributed by atoms with E-state index in [1.807, 2.05) is 6.07 Å². The number of carboxylic acids is 1. The van der Waals surface area contributed by atoms with Gasteiger partial charge in [-0.3, -0.25) is 0 Å². The Morgan fingerprint density at radius 3 is 2.67 bits per heavy atom.